The maximum atomic E-state index is 11.9. The first kappa shape index (κ1) is 16.0. The van der Waals surface area contributed by atoms with Crippen LogP contribution in [0, 0.1) is 11.3 Å². The molecule has 0 radical (unpaired) electrons. The molecule has 1 saturated heterocycles. The second-order valence-electron chi connectivity index (χ2n) is 6.65. The van der Waals surface area contributed by atoms with Crippen LogP contribution in [0.15, 0.2) is 12.4 Å². The highest BCUT2D eigenvalue weighted by Crippen LogP contribution is 2.35. The van der Waals surface area contributed by atoms with E-state index in [1.807, 2.05) is 6.20 Å². The second kappa shape index (κ2) is 5.11. The highest BCUT2D eigenvalue weighted by molar-refractivity contribution is 7.89. The van der Waals surface area contributed by atoms with Crippen LogP contribution in [0.2, 0.25) is 0 Å². The van der Waals surface area contributed by atoms with Gasteiger partial charge in [0.05, 0.1) is 24.4 Å². The summed E-state index contributed by atoms with van der Waals surface area (Å²) in [5.41, 5.74) is 0.530. The molecule has 1 aromatic heterocycles. The first-order valence-corrected chi connectivity index (χ1v) is 8.66. The summed E-state index contributed by atoms with van der Waals surface area (Å²) < 4.78 is 27.0. The smallest absolute Gasteiger partial charge is 0.213 e. The summed E-state index contributed by atoms with van der Waals surface area (Å²) in [7, 11) is -3.20. The van der Waals surface area contributed by atoms with Gasteiger partial charge in [-0.3, -0.25) is 4.68 Å². The van der Waals surface area contributed by atoms with E-state index in [4.69, 9.17) is 5.26 Å². The fourth-order valence-corrected chi connectivity index (χ4v) is 3.68. The third-order valence-corrected chi connectivity index (χ3v) is 5.82. The number of hydrogen-bond donors (Lipinski definition) is 0. The van der Waals surface area contributed by atoms with Gasteiger partial charge in [0.1, 0.15) is 5.54 Å². The molecular formula is C14H22N4O2S. The molecule has 0 amide bonds. The van der Waals surface area contributed by atoms with E-state index in [2.05, 4.69) is 31.9 Å². The van der Waals surface area contributed by atoms with Crippen molar-refractivity contribution in [3.63, 3.8) is 0 Å². The molecule has 116 valence electrons. The third-order valence-electron chi connectivity index (χ3n) is 4.04. The van der Waals surface area contributed by atoms with Crippen LogP contribution >= 0.6 is 0 Å². The Morgan fingerprint density at radius 1 is 1.43 bits per heavy atom. The van der Waals surface area contributed by atoms with Crippen LogP contribution < -0.4 is 0 Å². The molecule has 0 aliphatic carbocycles. The first-order valence-electron chi connectivity index (χ1n) is 7.05. The predicted octanol–water partition coefficient (Wildman–Crippen LogP) is 1.45. The largest absolute Gasteiger partial charge is 0.263 e. The summed E-state index contributed by atoms with van der Waals surface area (Å²) >= 11 is 0. The lowest BCUT2D eigenvalue weighted by Crippen LogP contribution is -2.64. The Kier molecular flexibility index (Phi) is 3.89. The Morgan fingerprint density at radius 2 is 2.05 bits per heavy atom. The van der Waals surface area contributed by atoms with Gasteiger partial charge in [-0.2, -0.15) is 14.7 Å². The van der Waals surface area contributed by atoms with Crippen LogP contribution in [0.4, 0.5) is 0 Å². The SMILES string of the molecule is CCS(=O)(=O)N1CC(CC#N)(n2cc(C(C)(C)C)cn2)C1. The molecule has 0 unspecified atom stereocenters. The van der Waals surface area contributed by atoms with E-state index in [1.54, 1.807) is 17.8 Å². The van der Waals surface area contributed by atoms with Gasteiger partial charge < -0.3 is 0 Å². The van der Waals surface area contributed by atoms with Crippen molar-refractivity contribution in [2.24, 2.45) is 0 Å². The molecule has 2 rings (SSSR count). The van der Waals surface area contributed by atoms with Crippen molar-refractivity contribution >= 4 is 10.0 Å². The third kappa shape index (κ3) is 2.83. The molecule has 0 N–H and O–H groups in total. The number of aromatic nitrogens is 2. The lowest BCUT2D eigenvalue weighted by molar-refractivity contribution is 0.0717. The van der Waals surface area contributed by atoms with Crippen LogP contribution in [0.1, 0.15) is 39.7 Å². The van der Waals surface area contributed by atoms with Crippen LogP contribution in [-0.2, 0) is 21.0 Å². The molecule has 0 bridgehead atoms. The fourth-order valence-electron chi connectivity index (χ4n) is 2.44. The Bertz CT molecular complexity index is 658. The molecule has 1 fully saturated rings. The number of rotatable bonds is 4. The zero-order valence-corrected chi connectivity index (χ0v) is 13.8. The zero-order chi connectivity index (χ0) is 15.9. The molecule has 0 atom stereocenters. The van der Waals surface area contributed by atoms with E-state index in [1.165, 1.54) is 4.31 Å². The maximum absolute atomic E-state index is 11.9. The van der Waals surface area contributed by atoms with Crippen molar-refractivity contribution in [3.8, 4) is 6.07 Å². The summed E-state index contributed by atoms with van der Waals surface area (Å²) in [6.45, 7) is 8.56. The lowest BCUT2D eigenvalue weighted by Gasteiger charge is -2.47. The van der Waals surface area contributed by atoms with Crippen molar-refractivity contribution < 1.29 is 8.42 Å². The summed E-state index contributed by atoms with van der Waals surface area (Å²) in [5.74, 6) is 0.0853. The molecule has 1 aromatic rings. The molecule has 0 spiro atoms. The summed E-state index contributed by atoms with van der Waals surface area (Å²) in [6, 6.07) is 2.16. The van der Waals surface area contributed by atoms with Gasteiger partial charge in [-0.1, -0.05) is 20.8 Å². The van der Waals surface area contributed by atoms with E-state index in [0.29, 0.717) is 13.1 Å². The van der Waals surface area contributed by atoms with Gasteiger partial charge in [-0.05, 0) is 17.9 Å². The average Bonchev–Trinajstić information content (AvgIpc) is 2.82. The molecule has 21 heavy (non-hydrogen) atoms. The maximum Gasteiger partial charge on any atom is 0.213 e. The predicted molar refractivity (Wildman–Crippen MR) is 80.2 cm³/mol. The van der Waals surface area contributed by atoms with Crippen molar-refractivity contribution in [2.75, 3.05) is 18.8 Å². The standard InChI is InChI=1S/C14H22N4O2S/c1-5-21(19,20)17-10-14(11-17,6-7-15)18-9-12(8-16-18)13(2,3)4/h8-9H,5-6,10-11H2,1-4H3. The van der Waals surface area contributed by atoms with E-state index in [9.17, 15) is 8.42 Å². The van der Waals surface area contributed by atoms with E-state index >= 15 is 0 Å². The highest BCUT2D eigenvalue weighted by Gasteiger charge is 2.49. The fraction of sp³-hybridized carbons (Fsp3) is 0.714. The molecule has 6 nitrogen and oxygen atoms in total. The van der Waals surface area contributed by atoms with Gasteiger partial charge in [-0.25, -0.2) is 8.42 Å². The summed E-state index contributed by atoms with van der Waals surface area (Å²) in [6.07, 6.45) is 4.00. The topological polar surface area (TPSA) is 79.0 Å². The van der Waals surface area contributed by atoms with Crippen molar-refractivity contribution in [1.82, 2.24) is 14.1 Å². The Hall–Kier alpha value is -1.39. The molecule has 0 aromatic carbocycles. The van der Waals surface area contributed by atoms with Crippen LogP contribution in [0.5, 0.6) is 0 Å². The van der Waals surface area contributed by atoms with Gasteiger partial charge in [0.25, 0.3) is 0 Å². The quantitative estimate of drug-likeness (QED) is 0.843. The minimum Gasteiger partial charge on any atom is -0.263 e. The summed E-state index contributed by atoms with van der Waals surface area (Å²) in [5, 5.41) is 13.5. The molecule has 0 saturated carbocycles. The van der Waals surface area contributed by atoms with Gasteiger partial charge in [0.15, 0.2) is 0 Å². The number of nitriles is 1. The molecule has 7 heteroatoms. The molecule has 1 aliphatic rings. The van der Waals surface area contributed by atoms with Gasteiger partial charge >= 0.3 is 0 Å². The van der Waals surface area contributed by atoms with E-state index in [-0.39, 0.29) is 17.6 Å². The van der Waals surface area contributed by atoms with Crippen molar-refractivity contribution in [1.29, 1.82) is 5.26 Å². The van der Waals surface area contributed by atoms with E-state index in [0.717, 1.165) is 5.56 Å². The lowest BCUT2D eigenvalue weighted by atomic mass is 9.88. The molecular weight excluding hydrogens is 288 g/mol. The first-order chi connectivity index (χ1) is 9.64. The number of sulfonamides is 1. The Morgan fingerprint density at radius 3 is 2.48 bits per heavy atom. The van der Waals surface area contributed by atoms with Crippen molar-refractivity contribution in [2.45, 2.75) is 45.1 Å². The molecule has 1 aliphatic heterocycles. The van der Waals surface area contributed by atoms with Crippen LogP contribution in [-0.4, -0.2) is 41.3 Å². The number of nitrogens with zero attached hydrogens (tertiary/aromatic N) is 4. The monoisotopic (exact) mass is 310 g/mol. The zero-order valence-electron chi connectivity index (χ0n) is 13.0. The Labute approximate surface area is 126 Å². The van der Waals surface area contributed by atoms with Crippen molar-refractivity contribution in [3.05, 3.63) is 18.0 Å². The second-order valence-corrected chi connectivity index (χ2v) is 8.91. The van der Waals surface area contributed by atoms with E-state index < -0.39 is 15.6 Å². The van der Waals surface area contributed by atoms with Gasteiger partial charge in [-0.15, -0.1) is 0 Å². The normalized spacial score (nSPS) is 19.0. The van der Waals surface area contributed by atoms with Gasteiger partial charge in [0, 0.05) is 19.3 Å². The van der Waals surface area contributed by atoms with Gasteiger partial charge in [0.2, 0.25) is 10.0 Å². The molecule has 2 heterocycles. The average molecular weight is 310 g/mol. The minimum atomic E-state index is -3.20. The minimum absolute atomic E-state index is 0.0228. The van der Waals surface area contributed by atoms with Crippen LogP contribution in [0.25, 0.3) is 0 Å². The highest BCUT2D eigenvalue weighted by atomic mass is 32.2. The Balaban J connectivity index is 2.27. The van der Waals surface area contributed by atoms with Crippen LogP contribution in [0.3, 0.4) is 0 Å². The number of hydrogen-bond acceptors (Lipinski definition) is 4. The summed E-state index contributed by atoms with van der Waals surface area (Å²) in [4.78, 5) is 0.